The molecule has 4 aliphatic carbocycles. The fourth-order valence-corrected chi connectivity index (χ4v) is 17.9. The average Bonchev–Trinajstić information content (AvgIpc) is 0.779. The minimum atomic E-state index is 0.945. The molecular weight excluding hydrogens is 1390 g/mol. The van der Waals surface area contributed by atoms with Gasteiger partial charge in [-0.05, 0) is 348 Å². The Labute approximate surface area is 680 Å². The van der Waals surface area contributed by atoms with Crippen LogP contribution < -0.4 is 0 Å². The molecule has 18 aromatic rings. The molecule has 4 aliphatic rings. The van der Waals surface area contributed by atoms with Gasteiger partial charge in [-0.25, -0.2) is 0 Å². The second-order valence-electron chi connectivity index (χ2n) is 30.9. The second kappa shape index (κ2) is 31.6. The molecule has 0 spiro atoms. The van der Waals surface area contributed by atoms with Gasteiger partial charge in [0.25, 0.3) is 0 Å². The van der Waals surface area contributed by atoms with Crippen LogP contribution in [0.3, 0.4) is 0 Å². The molecule has 0 radical (unpaired) electrons. The van der Waals surface area contributed by atoms with Gasteiger partial charge in [0, 0.05) is 66.8 Å². The van der Waals surface area contributed by atoms with Gasteiger partial charge < -0.3 is 0 Å². The van der Waals surface area contributed by atoms with Gasteiger partial charge in [-0.3, -0.25) is 0 Å². The molecule has 0 unspecified atom stereocenters. The highest BCUT2D eigenvalue weighted by Crippen LogP contribution is 2.40. The summed E-state index contributed by atoms with van der Waals surface area (Å²) in [4.78, 5) is 0. The van der Waals surface area contributed by atoms with Crippen molar-refractivity contribution in [2.75, 3.05) is 0 Å². The lowest BCUT2D eigenvalue weighted by molar-refractivity contribution is 0.802. The van der Waals surface area contributed by atoms with Gasteiger partial charge in [0.15, 0.2) is 0 Å². The maximum absolute atomic E-state index is 3.73. The molecule has 0 aliphatic heterocycles. The smallest absolute Gasteiger partial charge is 0.0334 e. The van der Waals surface area contributed by atoms with Crippen molar-refractivity contribution in [1.82, 2.24) is 0 Å². The Morgan fingerprint density at radius 1 is 0.155 bits per heavy atom. The Hall–Kier alpha value is -14.4. The van der Waals surface area contributed by atoms with Crippen molar-refractivity contribution in [2.45, 2.75) is 105 Å². The number of rotatable bonds is 12. The molecule has 0 heteroatoms. The summed E-state index contributed by atoms with van der Waals surface area (Å²) in [5, 5.41) is 27.6. The molecule has 20 bridgehead atoms. The highest BCUT2D eigenvalue weighted by Gasteiger charge is 2.19. The predicted molar refractivity (Wildman–Crippen MR) is 495 cm³/mol. The molecule has 0 heterocycles. The van der Waals surface area contributed by atoms with Gasteiger partial charge in [-0.15, -0.1) is 0 Å². The van der Waals surface area contributed by atoms with Crippen LogP contribution in [-0.2, 0) is 25.7 Å². The van der Waals surface area contributed by atoms with Crippen molar-refractivity contribution < 1.29 is 0 Å². The van der Waals surface area contributed by atoms with E-state index >= 15 is 0 Å². The van der Waals surface area contributed by atoms with Crippen LogP contribution in [0, 0.1) is 94.7 Å². The Bertz CT molecular complexity index is 6870. The van der Waals surface area contributed by atoms with Crippen molar-refractivity contribution in [3.05, 3.63) is 356 Å². The minimum Gasteiger partial charge on any atom is -0.0654 e. The fourth-order valence-electron chi connectivity index (χ4n) is 17.9. The van der Waals surface area contributed by atoms with E-state index in [1.54, 1.807) is 0 Å². The molecule has 116 heavy (non-hydrogen) atoms. The molecular formula is C116H80. The van der Waals surface area contributed by atoms with E-state index in [1.165, 1.54) is 65.3 Å². The summed E-state index contributed by atoms with van der Waals surface area (Å²) in [5.74, 6) is 57.5. The summed E-state index contributed by atoms with van der Waals surface area (Å²) < 4.78 is 0. The number of benzene rings is 18. The predicted octanol–water partition coefficient (Wildman–Crippen LogP) is 27.6. The van der Waals surface area contributed by atoms with Crippen LogP contribution in [-0.4, -0.2) is 0 Å². The van der Waals surface area contributed by atoms with Crippen molar-refractivity contribution in [3.8, 4) is 94.7 Å². The Balaban J connectivity index is 0.787. The second-order valence-corrected chi connectivity index (χ2v) is 30.9. The summed E-state index contributed by atoms with van der Waals surface area (Å²) in [5.41, 5.74) is 16.9. The third-order valence-corrected chi connectivity index (χ3v) is 23.7. The van der Waals surface area contributed by atoms with Crippen LogP contribution in [0.5, 0.6) is 0 Å². The van der Waals surface area contributed by atoms with Crippen LogP contribution >= 0.6 is 0 Å². The molecule has 22 rings (SSSR count). The third-order valence-electron chi connectivity index (χ3n) is 23.7. The minimum absolute atomic E-state index is 0.945. The van der Waals surface area contributed by atoms with Gasteiger partial charge in [0.1, 0.15) is 0 Å². The summed E-state index contributed by atoms with van der Waals surface area (Å²) in [6.07, 6.45) is 12.4. The molecule has 0 N–H and O–H groups in total. The quantitative estimate of drug-likeness (QED) is 0.0845. The molecule has 18 aromatic carbocycles. The van der Waals surface area contributed by atoms with Gasteiger partial charge in [0.2, 0.25) is 0 Å². The Morgan fingerprint density at radius 2 is 0.310 bits per heavy atom. The standard InChI is InChI=1S/C116H80/c1-5-9-49-93-97-53-21-37-77-29-13-14-30-78-38-22-54-98-94(50-10-6-2)102-58-26-42-86(114(102)74-110(78)98)67-63-83-35-19-47-91-72-108-84(36-20-48-92(108)71-107(83)91)64-68-88-44-28-60-104-96(52-12-8-4)100-56-24-40-80(112(100)76-116(88)104)32-16-15-31-79-39-23-55-99-95(51-11-7-3)103-59-27-43-87(115(103)75-111(79)99)66-62-82-34-18-46-90-69-105-81(33-17-45-89(105)70-106(82)90)61-65-85-41-25-57-101(93)113(85)73-109(77)97/h17-28,33-48,53-60,69-76H,5-12,49-52H2,1-4H3. The average molecular weight is 1470 g/mol. The normalized spacial score (nSPS) is 11.7. The molecule has 0 atom stereocenters. The van der Waals surface area contributed by atoms with Crippen LogP contribution in [0.25, 0.3) is 129 Å². The summed E-state index contributed by atoms with van der Waals surface area (Å²) in [6.45, 7) is 9.08. The Kier molecular flexibility index (Phi) is 19.6. The van der Waals surface area contributed by atoms with Gasteiger partial charge >= 0.3 is 0 Å². The van der Waals surface area contributed by atoms with E-state index in [4.69, 9.17) is 0 Å². The summed E-state index contributed by atoms with van der Waals surface area (Å²) in [6, 6.07) is 97.1. The van der Waals surface area contributed by atoms with Crippen LogP contribution in [0.4, 0.5) is 0 Å². The molecule has 0 aromatic heterocycles. The highest BCUT2D eigenvalue weighted by atomic mass is 14.2. The Morgan fingerprint density at radius 3 is 0.483 bits per heavy atom. The number of unbranched alkanes of at least 4 members (excludes halogenated alkanes) is 4. The summed E-state index contributed by atoms with van der Waals surface area (Å²) >= 11 is 0. The number of hydrogen-bond donors (Lipinski definition) is 0. The van der Waals surface area contributed by atoms with Gasteiger partial charge in [-0.2, -0.15) is 0 Å². The van der Waals surface area contributed by atoms with E-state index in [9.17, 15) is 0 Å². The lowest BCUT2D eigenvalue weighted by atomic mass is 9.89. The van der Waals surface area contributed by atoms with Crippen molar-refractivity contribution in [1.29, 1.82) is 0 Å². The van der Waals surface area contributed by atoms with E-state index in [2.05, 4.69) is 389 Å². The third kappa shape index (κ3) is 13.5. The first-order valence-corrected chi connectivity index (χ1v) is 41.3. The van der Waals surface area contributed by atoms with Crippen molar-refractivity contribution in [2.24, 2.45) is 0 Å². The zero-order chi connectivity index (χ0) is 78.0. The maximum Gasteiger partial charge on any atom is 0.0334 e. The van der Waals surface area contributed by atoms with E-state index in [0.29, 0.717) is 0 Å². The van der Waals surface area contributed by atoms with E-state index in [0.717, 1.165) is 230 Å². The number of aryl methyl sites for hydroxylation is 4. The topological polar surface area (TPSA) is 0 Å². The zero-order valence-corrected chi connectivity index (χ0v) is 65.9. The fraction of sp³-hybridized carbons (Fsp3) is 0.138. The first kappa shape index (κ1) is 71.8. The van der Waals surface area contributed by atoms with Gasteiger partial charge in [0.05, 0.1) is 0 Å². The van der Waals surface area contributed by atoms with Crippen LogP contribution in [0.2, 0.25) is 0 Å². The van der Waals surface area contributed by atoms with Crippen molar-refractivity contribution >= 4 is 129 Å². The number of hydrogen-bond acceptors (Lipinski definition) is 0. The SMILES string of the molecule is CCCCc1c2cccc3c2cc2c(cccc12)C#Cc1cccc2cc4c(cccc4cc12)C#Cc1cccc2c(CCCC)c4cccc(c4cc12)C#CC#Cc1cccc2c(CCCC)c4cccc(c4cc12)C#Cc1cccc2cc4c(cccc4cc12)C#Cc1cccc2c(CCCC)c4cccc(c4cc12)C#CC#C3. The van der Waals surface area contributed by atoms with Crippen LogP contribution in [0.15, 0.2) is 267 Å². The molecule has 0 amide bonds. The molecule has 0 fully saturated rings. The molecule has 544 valence electrons. The van der Waals surface area contributed by atoms with E-state index in [1.807, 2.05) is 0 Å². The monoisotopic (exact) mass is 1470 g/mol. The summed E-state index contributed by atoms with van der Waals surface area (Å²) in [7, 11) is 0. The highest BCUT2D eigenvalue weighted by molar-refractivity contribution is 6.12. The van der Waals surface area contributed by atoms with E-state index in [-0.39, 0.29) is 0 Å². The lowest BCUT2D eigenvalue weighted by Crippen LogP contribution is -1.94. The lowest BCUT2D eigenvalue weighted by Gasteiger charge is -2.14. The largest absolute Gasteiger partial charge is 0.0654 e. The van der Waals surface area contributed by atoms with E-state index < -0.39 is 0 Å². The van der Waals surface area contributed by atoms with Gasteiger partial charge in [-0.1, -0.05) is 270 Å². The maximum atomic E-state index is 3.73. The zero-order valence-electron chi connectivity index (χ0n) is 65.9. The molecule has 0 nitrogen and oxygen atoms in total. The molecule has 0 saturated carbocycles. The van der Waals surface area contributed by atoms with Crippen LogP contribution in [0.1, 0.15) is 168 Å². The molecule has 0 saturated heterocycles. The first-order chi connectivity index (χ1) is 57.4. The van der Waals surface area contributed by atoms with Crippen molar-refractivity contribution in [3.63, 3.8) is 0 Å². The first-order valence-electron chi connectivity index (χ1n) is 41.3.